The number of carbonyl (C=O) groups is 2. The van der Waals surface area contributed by atoms with Crippen LogP contribution in [-0.2, 0) is 4.79 Å². The van der Waals surface area contributed by atoms with Crippen molar-refractivity contribution in [3.05, 3.63) is 29.8 Å². The number of carbonyl (C=O) groups excluding carboxylic acids is 1. The second-order valence-corrected chi connectivity index (χ2v) is 3.46. The van der Waals surface area contributed by atoms with Gasteiger partial charge >= 0.3 is 5.97 Å². The molecule has 5 N–H and O–H groups in total. The molecule has 6 heteroatoms. The van der Waals surface area contributed by atoms with Crippen molar-refractivity contribution in [1.82, 2.24) is 5.32 Å². The number of amides is 1. The first-order valence-electron chi connectivity index (χ1n) is 5.05. The van der Waals surface area contributed by atoms with Crippen LogP contribution in [0.5, 0.6) is 0 Å². The molecule has 0 saturated carbocycles. The number of anilines is 1. The first kappa shape index (κ1) is 13.0. The molecule has 1 rings (SSSR count). The highest BCUT2D eigenvalue weighted by molar-refractivity contribution is 6.00. The van der Waals surface area contributed by atoms with Gasteiger partial charge in [0.15, 0.2) is 0 Å². The summed E-state index contributed by atoms with van der Waals surface area (Å²) in [6, 6.07) is 5.24. The molecule has 0 spiro atoms. The highest BCUT2D eigenvalue weighted by Gasteiger charge is 2.20. The van der Waals surface area contributed by atoms with Gasteiger partial charge in [0, 0.05) is 18.7 Å². The van der Waals surface area contributed by atoms with Gasteiger partial charge in [-0.25, -0.2) is 4.79 Å². The number of hydrogen-bond donors (Lipinski definition) is 4. The lowest BCUT2D eigenvalue weighted by Gasteiger charge is -2.13. The van der Waals surface area contributed by atoms with Gasteiger partial charge in [-0.1, -0.05) is 12.1 Å². The molecule has 17 heavy (non-hydrogen) atoms. The number of para-hydroxylation sites is 1. The fraction of sp³-hybridized carbons (Fsp3) is 0.273. The van der Waals surface area contributed by atoms with Gasteiger partial charge in [-0.3, -0.25) is 4.79 Å². The molecule has 0 fully saturated rings. The van der Waals surface area contributed by atoms with Crippen molar-refractivity contribution in [2.75, 3.05) is 12.3 Å². The van der Waals surface area contributed by atoms with Gasteiger partial charge in [-0.15, -0.1) is 0 Å². The fourth-order valence-electron chi connectivity index (χ4n) is 1.33. The molecule has 6 nitrogen and oxygen atoms in total. The molecule has 1 aromatic carbocycles. The summed E-state index contributed by atoms with van der Waals surface area (Å²) >= 11 is 0. The quantitative estimate of drug-likeness (QED) is 0.532. The third-order valence-corrected chi connectivity index (χ3v) is 2.23. The van der Waals surface area contributed by atoms with Gasteiger partial charge < -0.3 is 21.3 Å². The van der Waals surface area contributed by atoms with Crippen molar-refractivity contribution >= 4 is 17.6 Å². The Morgan fingerprint density at radius 1 is 1.35 bits per heavy atom. The van der Waals surface area contributed by atoms with E-state index in [0.717, 1.165) is 0 Å². The number of nitrogens with one attached hydrogen (secondary N) is 1. The molecule has 0 radical (unpaired) electrons. The van der Waals surface area contributed by atoms with Crippen LogP contribution in [0.15, 0.2) is 24.3 Å². The maximum Gasteiger partial charge on any atom is 0.326 e. The number of aliphatic carboxylic acids is 1. The first-order valence-corrected chi connectivity index (χ1v) is 5.05. The standard InChI is InChI=1S/C11H14N2O4/c12-8-4-2-1-3-7(8)10(15)13-9(5-6-14)11(16)17/h1-4,9,14H,5-6,12H2,(H,13,15)(H,16,17). The zero-order valence-corrected chi connectivity index (χ0v) is 9.09. The van der Waals surface area contributed by atoms with E-state index in [1.54, 1.807) is 18.2 Å². The topological polar surface area (TPSA) is 113 Å². The summed E-state index contributed by atoms with van der Waals surface area (Å²) in [6.45, 7) is -0.318. The summed E-state index contributed by atoms with van der Waals surface area (Å²) < 4.78 is 0. The van der Waals surface area contributed by atoms with Crippen molar-refractivity contribution in [2.24, 2.45) is 0 Å². The predicted molar refractivity (Wildman–Crippen MR) is 61.4 cm³/mol. The summed E-state index contributed by atoms with van der Waals surface area (Å²) in [7, 11) is 0. The number of benzene rings is 1. The van der Waals surface area contributed by atoms with Crippen LogP contribution in [0.1, 0.15) is 16.8 Å². The third-order valence-electron chi connectivity index (χ3n) is 2.23. The van der Waals surface area contributed by atoms with Crippen molar-refractivity contribution in [1.29, 1.82) is 0 Å². The van der Waals surface area contributed by atoms with E-state index in [1.807, 2.05) is 0 Å². The Bertz CT molecular complexity index is 420. The highest BCUT2D eigenvalue weighted by Crippen LogP contribution is 2.10. The predicted octanol–water partition coefficient (Wildman–Crippen LogP) is -0.166. The molecule has 0 aliphatic rings. The van der Waals surface area contributed by atoms with Crippen LogP contribution < -0.4 is 11.1 Å². The lowest BCUT2D eigenvalue weighted by Crippen LogP contribution is -2.41. The summed E-state index contributed by atoms with van der Waals surface area (Å²) in [6.07, 6.45) is -0.0478. The highest BCUT2D eigenvalue weighted by atomic mass is 16.4. The summed E-state index contributed by atoms with van der Waals surface area (Å²) in [5, 5.41) is 19.8. The summed E-state index contributed by atoms with van der Waals surface area (Å²) in [4.78, 5) is 22.5. The zero-order chi connectivity index (χ0) is 12.8. The zero-order valence-electron chi connectivity index (χ0n) is 9.09. The lowest BCUT2D eigenvalue weighted by atomic mass is 10.1. The van der Waals surface area contributed by atoms with Gasteiger partial charge in [0.25, 0.3) is 5.91 Å². The molecule has 0 bridgehead atoms. The average Bonchev–Trinajstić information content (AvgIpc) is 2.28. The Morgan fingerprint density at radius 2 is 2.00 bits per heavy atom. The smallest absolute Gasteiger partial charge is 0.326 e. The van der Waals surface area contributed by atoms with E-state index in [9.17, 15) is 9.59 Å². The van der Waals surface area contributed by atoms with Gasteiger partial charge in [-0.05, 0) is 12.1 Å². The normalized spacial score (nSPS) is 11.8. The number of nitrogens with two attached hydrogens (primary N) is 1. The van der Waals surface area contributed by atoms with Crippen LogP contribution in [0, 0.1) is 0 Å². The SMILES string of the molecule is Nc1ccccc1C(=O)NC(CCO)C(=O)O. The third kappa shape index (κ3) is 3.46. The Balaban J connectivity index is 2.77. The van der Waals surface area contributed by atoms with Crippen LogP contribution in [0.4, 0.5) is 5.69 Å². The Morgan fingerprint density at radius 3 is 2.53 bits per heavy atom. The molecule has 1 unspecified atom stereocenters. The van der Waals surface area contributed by atoms with Crippen molar-refractivity contribution in [2.45, 2.75) is 12.5 Å². The maximum absolute atomic E-state index is 11.7. The van der Waals surface area contributed by atoms with Gasteiger partial charge in [0.1, 0.15) is 6.04 Å². The van der Waals surface area contributed by atoms with E-state index in [2.05, 4.69) is 5.32 Å². The van der Waals surface area contributed by atoms with Crippen molar-refractivity contribution in [3.8, 4) is 0 Å². The van der Waals surface area contributed by atoms with Crippen LogP contribution >= 0.6 is 0 Å². The molecule has 92 valence electrons. The second-order valence-electron chi connectivity index (χ2n) is 3.46. The number of aliphatic hydroxyl groups is 1. The minimum absolute atomic E-state index is 0.0478. The van der Waals surface area contributed by atoms with Crippen LogP contribution in [0.3, 0.4) is 0 Å². The van der Waals surface area contributed by atoms with E-state index in [1.165, 1.54) is 6.07 Å². The molecule has 0 aromatic heterocycles. The van der Waals surface area contributed by atoms with Gasteiger partial charge in [0.2, 0.25) is 0 Å². The molecule has 1 aromatic rings. The molecule has 1 atom stereocenters. The molecule has 0 aliphatic carbocycles. The average molecular weight is 238 g/mol. The molecule has 0 heterocycles. The Hall–Kier alpha value is -2.08. The maximum atomic E-state index is 11.7. The number of hydrogen-bond acceptors (Lipinski definition) is 4. The van der Waals surface area contributed by atoms with E-state index in [0.29, 0.717) is 0 Å². The van der Waals surface area contributed by atoms with Crippen LogP contribution in [-0.4, -0.2) is 34.7 Å². The van der Waals surface area contributed by atoms with Crippen LogP contribution in [0.25, 0.3) is 0 Å². The summed E-state index contributed by atoms with van der Waals surface area (Å²) in [5.41, 5.74) is 6.08. The fourth-order valence-corrected chi connectivity index (χ4v) is 1.33. The second kappa shape index (κ2) is 5.86. The number of aliphatic hydroxyl groups excluding tert-OH is 1. The monoisotopic (exact) mass is 238 g/mol. The summed E-state index contributed by atoms with van der Waals surface area (Å²) in [5.74, 6) is -1.76. The molecule has 0 saturated heterocycles. The Labute approximate surface area is 98.1 Å². The van der Waals surface area contributed by atoms with E-state index >= 15 is 0 Å². The molecule has 0 aliphatic heterocycles. The van der Waals surface area contributed by atoms with Gasteiger partial charge in [0.05, 0.1) is 5.56 Å². The number of carboxylic acids is 1. The van der Waals surface area contributed by atoms with Gasteiger partial charge in [-0.2, -0.15) is 0 Å². The van der Waals surface area contributed by atoms with Crippen molar-refractivity contribution in [3.63, 3.8) is 0 Å². The molecular weight excluding hydrogens is 224 g/mol. The molecule has 1 amide bonds. The number of nitrogen functional groups attached to an aromatic ring is 1. The van der Waals surface area contributed by atoms with E-state index in [4.69, 9.17) is 15.9 Å². The molecular formula is C11H14N2O4. The van der Waals surface area contributed by atoms with Crippen molar-refractivity contribution < 1.29 is 19.8 Å². The largest absolute Gasteiger partial charge is 0.480 e. The minimum atomic E-state index is -1.19. The van der Waals surface area contributed by atoms with E-state index in [-0.39, 0.29) is 24.3 Å². The first-order chi connectivity index (χ1) is 8.06. The number of rotatable bonds is 5. The van der Waals surface area contributed by atoms with E-state index < -0.39 is 17.9 Å². The van der Waals surface area contributed by atoms with Crippen LogP contribution in [0.2, 0.25) is 0 Å². The lowest BCUT2D eigenvalue weighted by molar-refractivity contribution is -0.139. The number of carboxylic acid groups (broad SMARTS) is 1. The minimum Gasteiger partial charge on any atom is -0.480 e. The Kier molecular flexibility index (Phi) is 4.47.